The minimum atomic E-state index is 1.12. The summed E-state index contributed by atoms with van der Waals surface area (Å²) in [5.74, 6) is 0. The third kappa shape index (κ3) is 4.57. The third-order valence-electron chi connectivity index (χ3n) is 1.15. The number of halogens is 1. The molecule has 0 fully saturated rings. The van der Waals surface area contributed by atoms with Crippen LogP contribution in [0.25, 0.3) is 0 Å². The summed E-state index contributed by atoms with van der Waals surface area (Å²) in [4.78, 5) is 0. The van der Waals surface area contributed by atoms with Gasteiger partial charge in [0.2, 0.25) is 0 Å². The summed E-state index contributed by atoms with van der Waals surface area (Å²) in [6.07, 6.45) is 8.18. The Morgan fingerprint density at radius 3 is 2.30 bits per heavy atom. The van der Waals surface area contributed by atoms with Crippen LogP contribution in [-0.2, 0) is 0 Å². The second-order valence-corrected chi connectivity index (χ2v) is 2.98. The minimum absolute atomic E-state index is 1.12. The Hall–Kier alpha value is -0.300. The van der Waals surface area contributed by atoms with Crippen LogP contribution in [0.1, 0.15) is 20.8 Å². The van der Waals surface area contributed by atoms with Gasteiger partial charge in [0.15, 0.2) is 0 Å². The second-order valence-electron chi connectivity index (χ2n) is 2.06. The van der Waals surface area contributed by atoms with Crippen LogP contribution in [0.2, 0.25) is 0 Å². The van der Waals surface area contributed by atoms with Crippen molar-refractivity contribution >= 4 is 15.9 Å². The Labute approximate surface area is 71.5 Å². The zero-order chi connectivity index (χ0) is 7.98. The summed E-state index contributed by atoms with van der Waals surface area (Å²) in [6.45, 7) is 6.10. The van der Waals surface area contributed by atoms with E-state index in [1.165, 1.54) is 5.57 Å². The molecule has 56 valence electrons. The fourth-order valence-electron chi connectivity index (χ4n) is 0.508. The van der Waals surface area contributed by atoms with E-state index < -0.39 is 0 Å². The fourth-order valence-corrected chi connectivity index (χ4v) is 1.13. The van der Waals surface area contributed by atoms with Gasteiger partial charge in [-0.05, 0) is 26.8 Å². The van der Waals surface area contributed by atoms with E-state index in [1.807, 2.05) is 26.0 Å². The van der Waals surface area contributed by atoms with Crippen LogP contribution in [0, 0.1) is 0 Å². The first kappa shape index (κ1) is 9.70. The minimum Gasteiger partial charge on any atom is -0.0865 e. The molecule has 0 unspecified atom stereocenters. The van der Waals surface area contributed by atoms with E-state index in [0.29, 0.717) is 0 Å². The molecule has 0 atom stereocenters. The monoisotopic (exact) mass is 200 g/mol. The van der Waals surface area contributed by atoms with E-state index in [9.17, 15) is 0 Å². The first-order valence-corrected chi connectivity index (χ1v) is 4.12. The average molecular weight is 201 g/mol. The van der Waals surface area contributed by atoms with Crippen molar-refractivity contribution in [2.75, 3.05) is 0 Å². The van der Waals surface area contributed by atoms with Gasteiger partial charge in [0.25, 0.3) is 0 Å². The molecule has 0 nitrogen and oxygen atoms in total. The van der Waals surface area contributed by atoms with Gasteiger partial charge in [-0.1, -0.05) is 39.7 Å². The number of hydrogen-bond acceptors (Lipinski definition) is 0. The quantitative estimate of drug-likeness (QED) is 0.596. The number of hydrogen-bond donors (Lipinski definition) is 0. The molecule has 0 rings (SSSR count). The first-order chi connectivity index (χ1) is 4.70. The van der Waals surface area contributed by atoms with E-state index >= 15 is 0 Å². The van der Waals surface area contributed by atoms with Crippen molar-refractivity contribution in [2.45, 2.75) is 20.8 Å². The molecule has 0 radical (unpaired) electrons. The van der Waals surface area contributed by atoms with E-state index in [4.69, 9.17) is 0 Å². The molecule has 0 aliphatic heterocycles. The van der Waals surface area contributed by atoms with Gasteiger partial charge in [-0.15, -0.1) is 0 Å². The van der Waals surface area contributed by atoms with Gasteiger partial charge in [0, 0.05) is 4.48 Å². The maximum atomic E-state index is 3.41. The van der Waals surface area contributed by atoms with Crippen molar-refractivity contribution < 1.29 is 0 Å². The van der Waals surface area contributed by atoms with Crippen molar-refractivity contribution in [1.29, 1.82) is 0 Å². The van der Waals surface area contributed by atoms with Crippen LogP contribution in [0.3, 0.4) is 0 Å². The van der Waals surface area contributed by atoms with Crippen molar-refractivity contribution in [1.82, 2.24) is 0 Å². The Balaban J connectivity index is 4.16. The molecule has 0 saturated heterocycles. The molecule has 0 amide bonds. The fraction of sp³-hybridized carbons (Fsp3) is 0.333. The highest BCUT2D eigenvalue weighted by molar-refractivity contribution is 9.11. The Bertz CT molecular complexity index is 173. The predicted molar refractivity (Wildman–Crippen MR) is 51.3 cm³/mol. The van der Waals surface area contributed by atoms with Crippen LogP contribution in [0.15, 0.2) is 34.4 Å². The molecule has 0 bridgehead atoms. The zero-order valence-electron chi connectivity index (χ0n) is 6.69. The van der Waals surface area contributed by atoms with Gasteiger partial charge in [-0.2, -0.15) is 0 Å². The SMILES string of the molecule is C\C=C/C(Br)=C\C(C)=C/C. The van der Waals surface area contributed by atoms with Gasteiger partial charge in [-0.3, -0.25) is 0 Å². The molecular weight excluding hydrogens is 188 g/mol. The molecule has 0 spiro atoms. The first-order valence-electron chi connectivity index (χ1n) is 3.33. The summed E-state index contributed by atoms with van der Waals surface area (Å²) in [7, 11) is 0. The molecule has 0 aliphatic carbocycles. The van der Waals surface area contributed by atoms with Gasteiger partial charge in [0.05, 0.1) is 0 Å². The predicted octanol–water partition coefficient (Wildman–Crippen LogP) is 3.81. The Morgan fingerprint density at radius 2 is 1.90 bits per heavy atom. The largest absolute Gasteiger partial charge is 0.0865 e. The molecular formula is C9H13Br. The standard InChI is InChI=1S/C9H13Br/c1-4-6-9(10)7-8(3)5-2/h4-7H,1-3H3/b6-4-,8-5-,9-7+. The maximum absolute atomic E-state index is 3.41. The summed E-state index contributed by atoms with van der Waals surface area (Å²) in [5.41, 5.74) is 1.27. The number of allylic oxidation sites excluding steroid dienone is 6. The van der Waals surface area contributed by atoms with Gasteiger partial charge in [0.1, 0.15) is 0 Å². The van der Waals surface area contributed by atoms with Crippen molar-refractivity contribution in [3.63, 3.8) is 0 Å². The van der Waals surface area contributed by atoms with Crippen LogP contribution in [0.4, 0.5) is 0 Å². The highest BCUT2D eigenvalue weighted by Crippen LogP contribution is 2.09. The Morgan fingerprint density at radius 1 is 1.30 bits per heavy atom. The summed E-state index contributed by atoms with van der Waals surface area (Å²) in [5, 5.41) is 0. The summed E-state index contributed by atoms with van der Waals surface area (Å²) >= 11 is 3.41. The lowest BCUT2D eigenvalue weighted by Gasteiger charge is -1.89. The average Bonchev–Trinajstić information content (AvgIpc) is 1.88. The Kier molecular flexibility index (Phi) is 5.32. The van der Waals surface area contributed by atoms with Gasteiger partial charge >= 0.3 is 0 Å². The van der Waals surface area contributed by atoms with Crippen molar-refractivity contribution in [2.24, 2.45) is 0 Å². The van der Waals surface area contributed by atoms with E-state index in [2.05, 4.69) is 35.0 Å². The van der Waals surface area contributed by atoms with Crippen molar-refractivity contribution in [3.8, 4) is 0 Å². The van der Waals surface area contributed by atoms with Gasteiger partial charge < -0.3 is 0 Å². The normalized spacial score (nSPS) is 14.8. The van der Waals surface area contributed by atoms with Gasteiger partial charge in [-0.25, -0.2) is 0 Å². The molecule has 0 saturated carbocycles. The third-order valence-corrected chi connectivity index (χ3v) is 1.64. The van der Waals surface area contributed by atoms with E-state index in [0.717, 1.165) is 4.48 Å². The molecule has 0 aliphatic rings. The maximum Gasteiger partial charge on any atom is 0.0174 e. The second kappa shape index (κ2) is 5.48. The highest BCUT2D eigenvalue weighted by Gasteiger charge is 1.82. The van der Waals surface area contributed by atoms with Crippen molar-refractivity contribution in [3.05, 3.63) is 34.4 Å². The molecule has 0 aromatic heterocycles. The van der Waals surface area contributed by atoms with Crippen LogP contribution >= 0.6 is 15.9 Å². The topological polar surface area (TPSA) is 0 Å². The van der Waals surface area contributed by atoms with E-state index in [-0.39, 0.29) is 0 Å². The molecule has 1 heteroatoms. The lowest BCUT2D eigenvalue weighted by Crippen LogP contribution is -1.67. The van der Waals surface area contributed by atoms with E-state index in [1.54, 1.807) is 0 Å². The molecule has 0 aromatic rings. The summed E-state index contributed by atoms with van der Waals surface area (Å²) in [6, 6.07) is 0. The van der Waals surface area contributed by atoms with Crippen LogP contribution in [0.5, 0.6) is 0 Å². The van der Waals surface area contributed by atoms with Crippen LogP contribution < -0.4 is 0 Å². The lowest BCUT2D eigenvalue weighted by atomic mass is 10.2. The zero-order valence-corrected chi connectivity index (χ0v) is 8.27. The highest BCUT2D eigenvalue weighted by atomic mass is 79.9. The summed E-state index contributed by atoms with van der Waals surface area (Å²) < 4.78 is 1.12. The smallest absolute Gasteiger partial charge is 0.0174 e. The molecule has 10 heavy (non-hydrogen) atoms. The molecule has 0 N–H and O–H groups in total. The number of rotatable bonds is 2. The molecule has 0 heterocycles. The molecule has 0 aromatic carbocycles. The lowest BCUT2D eigenvalue weighted by molar-refractivity contribution is 1.47. The van der Waals surface area contributed by atoms with Crippen LogP contribution in [-0.4, -0.2) is 0 Å².